The Bertz CT molecular complexity index is 717. The second kappa shape index (κ2) is 9.68. The molecular weight excluding hydrogens is 336 g/mol. The topological polar surface area (TPSA) is 60.4 Å². The zero-order valence-corrected chi connectivity index (χ0v) is 16.3. The van der Waals surface area contributed by atoms with Gasteiger partial charge in [-0.25, -0.2) is 8.42 Å². The molecule has 0 saturated heterocycles. The first-order valence-electron chi connectivity index (χ1n) is 8.31. The molecular formula is C20H28O4S. The molecule has 1 aromatic carbocycles. The van der Waals surface area contributed by atoms with Crippen LogP contribution < -0.4 is 0 Å². The van der Waals surface area contributed by atoms with Crippen molar-refractivity contribution in [3.8, 4) is 0 Å². The van der Waals surface area contributed by atoms with Gasteiger partial charge in [-0.2, -0.15) is 0 Å². The summed E-state index contributed by atoms with van der Waals surface area (Å²) in [6.45, 7) is 10.7. The van der Waals surface area contributed by atoms with E-state index in [1.165, 1.54) is 6.92 Å². The number of hydrogen-bond donors (Lipinski definition) is 0. The van der Waals surface area contributed by atoms with Crippen molar-refractivity contribution in [2.45, 2.75) is 52.1 Å². The van der Waals surface area contributed by atoms with Crippen molar-refractivity contribution < 1.29 is 17.9 Å². The summed E-state index contributed by atoms with van der Waals surface area (Å²) in [4.78, 5) is 11.6. The van der Waals surface area contributed by atoms with E-state index in [-0.39, 0.29) is 18.0 Å². The summed E-state index contributed by atoms with van der Waals surface area (Å²) >= 11 is 0. The lowest BCUT2D eigenvalue weighted by Crippen LogP contribution is -2.23. The van der Waals surface area contributed by atoms with Gasteiger partial charge in [-0.15, -0.1) is 0 Å². The SMILES string of the molecule is C=C(C)CS(=O)(=O)[C@H](C)/C=C(/C)[C@H](CC(C)=O)OCc1ccccc1. The van der Waals surface area contributed by atoms with Crippen LogP contribution in [0.2, 0.25) is 0 Å². The minimum absolute atomic E-state index is 0.00302. The molecule has 4 nitrogen and oxygen atoms in total. The van der Waals surface area contributed by atoms with Gasteiger partial charge in [-0.3, -0.25) is 4.79 Å². The van der Waals surface area contributed by atoms with Crippen molar-refractivity contribution >= 4 is 15.6 Å². The van der Waals surface area contributed by atoms with Gasteiger partial charge in [-0.05, 0) is 38.8 Å². The summed E-state index contributed by atoms with van der Waals surface area (Å²) < 4.78 is 30.5. The molecule has 138 valence electrons. The van der Waals surface area contributed by atoms with Gasteiger partial charge < -0.3 is 4.74 Å². The molecule has 0 spiro atoms. The highest BCUT2D eigenvalue weighted by molar-refractivity contribution is 7.92. The number of carbonyl (C=O) groups excluding carboxylic acids is 1. The fourth-order valence-electron chi connectivity index (χ4n) is 2.44. The Morgan fingerprint density at radius 2 is 1.80 bits per heavy atom. The van der Waals surface area contributed by atoms with E-state index in [0.717, 1.165) is 11.1 Å². The van der Waals surface area contributed by atoms with Gasteiger partial charge in [0, 0.05) is 6.42 Å². The van der Waals surface area contributed by atoms with E-state index in [9.17, 15) is 13.2 Å². The largest absolute Gasteiger partial charge is 0.369 e. The highest BCUT2D eigenvalue weighted by Gasteiger charge is 2.21. The smallest absolute Gasteiger partial charge is 0.160 e. The lowest BCUT2D eigenvalue weighted by Gasteiger charge is -2.19. The number of sulfone groups is 1. The molecule has 0 aliphatic heterocycles. The number of benzene rings is 1. The van der Waals surface area contributed by atoms with Crippen molar-refractivity contribution in [3.05, 3.63) is 59.7 Å². The lowest BCUT2D eigenvalue weighted by molar-refractivity contribution is -0.119. The maximum Gasteiger partial charge on any atom is 0.160 e. The molecule has 0 radical (unpaired) electrons. The number of rotatable bonds is 10. The quantitative estimate of drug-likeness (QED) is 0.591. The van der Waals surface area contributed by atoms with Gasteiger partial charge in [0.1, 0.15) is 5.78 Å². The summed E-state index contributed by atoms with van der Waals surface area (Å²) in [5, 5.41) is -0.654. The van der Waals surface area contributed by atoms with Crippen LogP contribution >= 0.6 is 0 Å². The lowest BCUT2D eigenvalue weighted by atomic mass is 10.0. The van der Waals surface area contributed by atoms with E-state index in [2.05, 4.69) is 6.58 Å². The number of hydrogen-bond acceptors (Lipinski definition) is 4. The normalized spacial score (nSPS) is 14.8. The van der Waals surface area contributed by atoms with E-state index in [0.29, 0.717) is 12.2 Å². The second-order valence-electron chi connectivity index (χ2n) is 6.57. The molecule has 0 aliphatic carbocycles. The molecule has 0 N–H and O–H groups in total. The number of ketones is 1. The molecule has 5 heteroatoms. The third-order valence-electron chi connectivity index (χ3n) is 3.79. The number of carbonyl (C=O) groups is 1. The molecule has 0 bridgehead atoms. The Hall–Kier alpha value is -1.72. The van der Waals surface area contributed by atoms with Gasteiger partial charge in [0.05, 0.1) is 23.7 Å². The van der Waals surface area contributed by atoms with Crippen molar-refractivity contribution in [2.24, 2.45) is 0 Å². The second-order valence-corrected chi connectivity index (χ2v) is 8.93. The fraction of sp³-hybridized carbons (Fsp3) is 0.450. The molecule has 0 aromatic heterocycles. The summed E-state index contributed by atoms with van der Waals surface area (Å²) in [5.74, 6) is -0.0385. The van der Waals surface area contributed by atoms with E-state index in [1.54, 1.807) is 19.9 Å². The van der Waals surface area contributed by atoms with E-state index < -0.39 is 21.2 Å². The fourth-order valence-corrected chi connectivity index (χ4v) is 3.81. The Balaban J connectivity index is 2.89. The number of ether oxygens (including phenoxy) is 1. The molecule has 0 saturated carbocycles. The minimum atomic E-state index is -3.30. The monoisotopic (exact) mass is 364 g/mol. The first-order chi connectivity index (χ1) is 11.6. The Kier molecular flexibility index (Phi) is 8.26. The molecule has 2 atom stereocenters. The summed E-state index contributed by atoms with van der Waals surface area (Å²) in [6, 6.07) is 9.67. The zero-order chi connectivity index (χ0) is 19.0. The Morgan fingerprint density at radius 1 is 1.20 bits per heavy atom. The van der Waals surface area contributed by atoms with Crippen LogP contribution in [0.1, 0.15) is 39.7 Å². The third kappa shape index (κ3) is 7.80. The predicted octanol–water partition coefficient (Wildman–Crippen LogP) is 3.88. The van der Waals surface area contributed by atoms with Crippen LogP contribution in [0.5, 0.6) is 0 Å². The average molecular weight is 365 g/mol. The standard InChI is InChI=1S/C20H28O4S/c1-15(2)14-25(22,23)18(5)11-16(3)20(12-17(4)21)24-13-19-9-7-6-8-10-19/h6-11,18,20H,1,12-14H2,2-5H3/b16-11-/t18-,20+/m1/s1. The zero-order valence-electron chi connectivity index (χ0n) is 15.5. The maximum absolute atomic E-state index is 12.3. The molecule has 0 heterocycles. The molecule has 25 heavy (non-hydrogen) atoms. The average Bonchev–Trinajstić information content (AvgIpc) is 2.50. The third-order valence-corrected chi connectivity index (χ3v) is 5.95. The molecule has 0 unspecified atom stereocenters. The van der Waals surface area contributed by atoms with Crippen LogP contribution in [0.15, 0.2) is 54.1 Å². The highest BCUT2D eigenvalue weighted by atomic mass is 32.2. The maximum atomic E-state index is 12.3. The minimum Gasteiger partial charge on any atom is -0.369 e. The van der Waals surface area contributed by atoms with Gasteiger partial charge in [-0.1, -0.05) is 48.6 Å². The molecule has 0 fully saturated rings. The van der Waals surface area contributed by atoms with Crippen molar-refractivity contribution in [3.63, 3.8) is 0 Å². The van der Waals surface area contributed by atoms with Crippen LogP contribution in [0.25, 0.3) is 0 Å². The molecule has 0 amide bonds. The first-order valence-corrected chi connectivity index (χ1v) is 10.0. The van der Waals surface area contributed by atoms with Crippen LogP contribution in [0.3, 0.4) is 0 Å². The first kappa shape index (κ1) is 21.3. The van der Waals surface area contributed by atoms with Crippen molar-refractivity contribution in [1.29, 1.82) is 0 Å². The summed E-state index contributed by atoms with van der Waals surface area (Å²) in [6.07, 6.45) is 1.47. The molecule has 1 rings (SSSR count). The molecule has 0 aliphatic rings. The van der Waals surface area contributed by atoms with Crippen LogP contribution in [-0.2, 0) is 26.0 Å². The van der Waals surface area contributed by atoms with Gasteiger partial charge in [0.25, 0.3) is 0 Å². The van der Waals surface area contributed by atoms with E-state index in [1.807, 2.05) is 37.3 Å². The van der Waals surface area contributed by atoms with Crippen LogP contribution in [0, 0.1) is 0 Å². The van der Waals surface area contributed by atoms with E-state index in [4.69, 9.17) is 4.74 Å². The van der Waals surface area contributed by atoms with Gasteiger partial charge in [0.2, 0.25) is 0 Å². The predicted molar refractivity (Wildman–Crippen MR) is 102 cm³/mol. The Labute approximate surface area is 151 Å². The summed E-state index contributed by atoms with van der Waals surface area (Å²) in [7, 11) is -3.30. The highest BCUT2D eigenvalue weighted by Crippen LogP contribution is 2.18. The van der Waals surface area contributed by atoms with Gasteiger partial charge in [0.15, 0.2) is 9.84 Å². The molecule has 1 aromatic rings. The van der Waals surface area contributed by atoms with Crippen LogP contribution in [0.4, 0.5) is 0 Å². The van der Waals surface area contributed by atoms with Crippen molar-refractivity contribution in [1.82, 2.24) is 0 Å². The number of Topliss-reactive ketones (excluding diaryl/α,β-unsaturated/α-hetero) is 1. The Morgan fingerprint density at radius 3 is 2.32 bits per heavy atom. The van der Waals surface area contributed by atoms with Crippen LogP contribution in [-0.4, -0.2) is 31.3 Å². The van der Waals surface area contributed by atoms with Gasteiger partial charge >= 0.3 is 0 Å². The summed E-state index contributed by atoms with van der Waals surface area (Å²) in [5.41, 5.74) is 2.37. The van der Waals surface area contributed by atoms with E-state index >= 15 is 0 Å². The van der Waals surface area contributed by atoms with Crippen molar-refractivity contribution in [2.75, 3.05) is 5.75 Å².